The molecular weight excluding hydrogens is 310 g/mol. The molecule has 1 saturated carbocycles. The molecule has 0 bridgehead atoms. The lowest BCUT2D eigenvalue weighted by Crippen LogP contribution is -2.25. The smallest absolute Gasteiger partial charge is 0.294 e. The van der Waals surface area contributed by atoms with E-state index in [1.165, 1.54) is 50.7 Å². The number of allylic oxidation sites excluding steroid dienone is 2. The van der Waals surface area contributed by atoms with E-state index in [4.69, 9.17) is 10.3 Å². The van der Waals surface area contributed by atoms with Gasteiger partial charge in [0, 0.05) is 6.04 Å². The van der Waals surface area contributed by atoms with Gasteiger partial charge in [0.1, 0.15) is 0 Å². The Morgan fingerprint density at radius 3 is 2.22 bits per heavy atom. The fourth-order valence-corrected chi connectivity index (χ4v) is 2.98. The Kier molecular flexibility index (Phi) is 8.52. The monoisotopic (exact) mass is 339 g/mol. The van der Waals surface area contributed by atoms with Crippen LogP contribution in [-0.2, 0) is 10.1 Å². The maximum Gasteiger partial charge on any atom is 0.294 e. The number of nitrogens with two attached hydrogens (primary N) is 1. The third-order valence-corrected chi connectivity index (χ3v) is 4.87. The Labute approximate surface area is 140 Å². The van der Waals surface area contributed by atoms with E-state index < -0.39 is 10.1 Å². The summed E-state index contributed by atoms with van der Waals surface area (Å²) in [7, 11) is -4.02. The van der Waals surface area contributed by atoms with Crippen molar-refractivity contribution in [3.05, 3.63) is 42.0 Å². The van der Waals surface area contributed by atoms with E-state index in [0.29, 0.717) is 6.04 Å². The molecule has 0 unspecified atom stereocenters. The van der Waals surface area contributed by atoms with Gasteiger partial charge in [-0.25, -0.2) is 0 Å². The van der Waals surface area contributed by atoms with Crippen LogP contribution in [0.5, 0.6) is 0 Å². The molecule has 0 saturated heterocycles. The van der Waals surface area contributed by atoms with Gasteiger partial charge >= 0.3 is 0 Å². The summed E-state index contributed by atoms with van der Waals surface area (Å²) in [5, 5.41) is 0. The number of hydrogen-bond acceptors (Lipinski definition) is 3. The first-order valence-corrected chi connectivity index (χ1v) is 9.73. The summed E-state index contributed by atoms with van der Waals surface area (Å²) in [4.78, 5) is -0.0666. The van der Waals surface area contributed by atoms with Crippen LogP contribution in [0.2, 0.25) is 0 Å². The second kappa shape index (κ2) is 9.85. The summed E-state index contributed by atoms with van der Waals surface area (Å²) in [6, 6.07) is 6.47. The molecule has 1 fully saturated rings. The zero-order valence-electron chi connectivity index (χ0n) is 14.1. The molecule has 3 N–H and O–H groups in total. The molecule has 130 valence electrons. The average Bonchev–Trinajstić information content (AvgIpc) is 2.50. The minimum Gasteiger partial charge on any atom is -0.328 e. The third kappa shape index (κ3) is 8.30. The van der Waals surface area contributed by atoms with Gasteiger partial charge in [0.05, 0.1) is 4.90 Å². The maximum atomic E-state index is 10.5. The molecule has 0 atom stereocenters. The normalized spacial score (nSPS) is 21.7. The van der Waals surface area contributed by atoms with E-state index in [9.17, 15) is 8.42 Å². The lowest BCUT2D eigenvalue weighted by Gasteiger charge is -2.23. The molecule has 0 heterocycles. The molecule has 0 radical (unpaired) electrons. The fourth-order valence-electron chi connectivity index (χ4n) is 2.50. The molecule has 1 aromatic rings. The summed E-state index contributed by atoms with van der Waals surface area (Å²) < 4.78 is 29.6. The van der Waals surface area contributed by atoms with Crippen LogP contribution in [0.4, 0.5) is 0 Å². The molecule has 4 nitrogen and oxygen atoms in total. The van der Waals surface area contributed by atoms with Crippen LogP contribution in [-0.4, -0.2) is 19.0 Å². The second-order valence-corrected chi connectivity index (χ2v) is 7.60. The van der Waals surface area contributed by atoms with Gasteiger partial charge in [-0.3, -0.25) is 4.55 Å². The summed E-state index contributed by atoms with van der Waals surface area (Å²) in [6.45, 7) is 4.06. The Hall–Kier alpha value is -1.17. The predicted molar refractivity (Wildman–Crippen MR) is 95.0 cm³/mol. The first-order chi connectivity index (χ1) is 10.8. The largest absolute Gasteiger partial charge is 0.328 e. The van der Waals surface area contributed by atoms with E-state index in [1.54, 1.807) is 12.1 Å². The lowest BCUT2D eigenvalue weighted by molar-refractivity contribution is 0.375. The van der Waals surface area contributed by atoms with Gasteiger partial charge in [0.2, 0.25) is 0 Å². The number of rotatable bonds is 4. The van der Waals surface area contributed by atoms with Crippen LogP contribution in [0.1, 0.15) is 51.0 Å². The van der Waals surface area contributed by atoms with Crippen LogP contribution in [0, 0.1) is 12.8 Å². The van der Waals surface area contributed by atoms with Crippen LogP contribution in [0.3, 0.4) is 0 Å². The van der Waals surface area contributed by atoms with Crippen LogP contribution in [0.15, 0.2) is 41.3 Å². The zero-order valence-corrected chi connectivity index (χ0v) is 14.9. The predicted octanol–water partition coefficient (Wildman–Crippen LogP) is 4.10. The third-order valence-electron chi connectivity index (χ3n) is 4.00. The van der Waals surface area contributed by atoms with Gasteiger partial charge in [-0.05, 0) is 57.1 Å². The van der Waals surface area contributed by atoms with Gasteiger partial charge in [-0.15, -0.1) is 0 Å². The lowest BCUT2D eigenvalue weighted by atomic mass is 9.86. The summed E-state index contributed by atoms with van der Waals surface area (Å²) in [6.07, 6.45) is 12.3. The highest BCUT2D eigenvalue weighted by molar-refractivity contribution is 7.85. The van der Waals surface area contributed by atoms with Crippen molar-refractivity contribution in [2.75, 3.05) is 0 Å². The van der Waals surface area contributed by atoms with Crippen LogP contribution >= 0.6 is 0 Å². The maximum absolute atomic E-state index is 10.5. The zero-order chi connectivity index (χ0) is 17.3. The minimum absolute atomic E-state index is 0.0666. The SMILES string of the molecule is CCCC=C[C@H]1CC[C@@H](N)CC1.Cc1ccc(S(=O)(=O)O)cc1. The Morgan fingerprint density at radius 2 is 1.74 bits per heavy atom. The van der Waals surface area contributed by atoms with E-state index >= 15 is 0 Å². The van der Waals surface area contributed by atoms with Crippen molar-refractivity contribution in [2.24, 2.45) is 11.7 Å². The van der Waals surface area contributed by atoms with Crippen molar-refractivity contribution >= 4 is 10.1 Å². The molecule has 1 aliphatic carbocycles. The molecule has 0 aliphatic heterocycles. The summed E-state index contributed by atoms with van der Waals surface area (Å²) in [5.41, 5.74) is 6.78. The van der Waals surface area contributed by atoms with Crippen LogP contribution in [0.25, 0.3) is 0 Å². The average molecular weight is 340 g/mol. The fraction of sp³-hybridized carbons (Fsp3) is 0.556. The van der Waals surface area contributed by atoms with E-state index in [-0.39, 0.29) is 4.90 Å². The number of hydrogen-bond donors (Lipinski definition) is 2. The topological polar surface area (TPSA) is 80.4 Å². The molecule has 1 aliphatic rings. The number of aryl methyl sites for hydroxylation is 1. The Balaban J connectivity index is 0.000000231. The van der Waals surface area contributed by atoms with Crippen molar-refractivity contribution in [1.29, 1.82) is 0 Å². The van der Waals surface area contributed by atoms with Crippen molar-refractivity contribution in [2.45, 2.75) is 63.3 Å². The Bertz CT molecular complexity index is 571. The van der Waals surface area contributed by atoms with Crippen molar-refractivity contribution in [3.63, 3.8) is 0 Å². The standard InChI is InChI=1S/C11H21N.C7H8O3S/c1-2-3-4-5-10-6-8-11(12)9-7-10;1-6-2-4-7(5-3-6)11(8,9)10/h4-5,10-11H,2-3,6-9,12H2,1H3;2-5H,1H3,(H,8,9,10)/t10-,11+;. The van der Waals surface area contributed by atoms with Gasteiger partial charge < -0.3 is 5.73 Å². The van der Waals surface area contributed by atoms with Gasteiger partial charge in [-0.2, -0.15) is 8.42 Å². The highest BCUT2D eigenvalue weighted by Gasteiger charge is 2.15. The van der Waals surface area contributed by atoms with E-state index in [1.807, 2.05) is 6.92 Å². The molecule has 2 rings (SSSR count). The highest BCUT2D eigenvalue weighted by atomic mass is 32.2. The molecular formula is C18H29NO3S. The van der Waals surface area contributed by atoms with E-state index in [0.717, 1.165) is 11.5 Å². The summed E-state index contributed by atoms with van der Waals surface area (Å²) >= 11 is 0. The summed E-state index contributed by atoms with van der Waals surface area (Å²) in [5.74, 6) is 0.830. The first-order valence-electron chi connectivity index (χ1n) is 8.29. The molecule has 0 aromatic heterocycles. The molecule has 0 amide bonds. The van der Waals surface area contributed by atoms with Crippen molar-refractivity contribution in [3.8, 4) is 0 Å². The number of unbranched alkanes of at least 4 members (excludes halogenated alkanes) is 1. The van der Waals surface area contributed by atoms with Gasteiger partial charge in [-0.1, -0.05) is 43.2 Å². The second-order valence-electron chi connectivity index (χ2n) is 6.18. The molecule has 5 heteroatoms. The highest BCUT2D eigenvalue weighted by Crippen LogP contribution is 2.24. The van der Waals surface area contributed by atoms with Crippen molar-refractivity contribution in [1.82, 2.24) is 0 Å². The van der Waals surface area contributed by atoms with Crippen LogP contribution < -0.4 is 5.73 Å². The minimum atomic E-state index is -4.02. The van der Waals surface area contributed by atoms with E-state index in [2.05, 4.69) is 19.1 Å². The number of benzene rings is 1. The first kappa shape index (κ1) is 19.9. The Morgan fingerprint density at radius 1 is 1.17 bits per heavy atom. The molecule has 23 heavy (non-hydrogen) atoms. The van der Waals surface area contributed by atoms with Gasteiger partial charge in [0.25, 0.3) is 10.1 Å². The quantitative estimate of drug-likeness (QED) is 0.639. The van der Waals surface area contributed by atoms with Crippen molar-refractivity contribution < 1.29 is 13.0 Å². The molecule has 0 spiro atoms. The van der Waals surface area contributed by atoms with Gasteiger partial charge in [0.15, 0.2) is 0 Å². The molecule has 1 aromatic carbocycles.